The normalized spacial score (nSPS) is 11.0. The topological polar surface area (TPSA) is 132 Å². The van der Waals surface area contributed by atoms with E-state index < -0.39 is 16.0 Å². The third-order valence-electron chi connectivity index (χ3n) is 2.97. The van der Waals surface area contributed by atoms with Crippen molar-refractivity contribution in [3.63, 3.8) is 0 Å². The van der Waals surface area contributed by atoms with Crippen molar-refractivity contribution in [1.82, 2.24) is 4.98 Å². The van der Waals surface area contributed by atoms with Crippen molar-refractivity contribution in [2.75, 3.05) is 11.8 Å². The Labute approximate surface area is 133 Å². The van der Waals surface area contributed by atoms with Crippen molar-refractivity contribution < 1.29 is 23.1 Å². The number of pyridine rings is 1. The van der Waals surface area contributed by atoms with Gasteiger partial charge in [0.25, 0.3) is 10.0 Å². The van der Waals surface area contributed by atoms with Gasteiger partial charge in [0.1, 0.15) is 5.69 Å². The molecular weight excluding hydrogens is 322 g/mol. The number of sulfonamides is 1. The zero-order valence-electron chi connectivity index (χ0n) is 12.2. The number of nitrogens with zero attached hydrogens (tertiary/aromatic N) is 1. The Hall–Kier alpha value is -2.65. The first-order valence-corrected chi connectivity index (χ1v) is 7.95. The lowest BCUT2D eigenvalue weighted by atomic mass is 10.2. The van der Waals surface area contributed by atoms with Crippen LogP contribution in [0.5, 0.6) is 5.88 Å². The molecule has 0 bridgehead atoms. The Morgan fingerprint density at radius 2 is 2.13 bits per heavy atom. The van der Waals surface area contributed by atoms with Crippen LogP contribution in [0.4, 0.5) is 5.69 Å². The minimum Gasteiger partial charge on any atom is -0.480 e. The number of hydrogen-bond donors (Lipinski definition) is 3. The maximum absolute atomic E-state index is 12.4. The molecule has 9 heteroatoms. The molecule has 4 N–H and O–H groups in total. The minimum atomic E-state index is -4.00. The van der Waals surface area contributed by atoms with Gasteiger partial charge in [-0.15, -0.1) is 0 Å². The summed E-state index contributed by atoms with van der Waals surface area (Å²) in [6.45, 7) is 0.181. The Morgan fingerprint density at radius 1 is 1.39 bits per heavy atom. The minimum absolute atomic E-state index is 0.0835. The molecule has 1 aromatic heterocycles. The van der Waals surface area contributed by atoms with Crippen LogP contribution in [0.3, 0.4) is 0 Å². The molecule has 0 amide bonds. The van der Waals surface area contributed by atoms with Crippen LogP contribution in [0, 0.1) is 0 Å². The van der Waals surface area contributed by atoms with Gasteiger partial charge < -0.3 is 15.6 Å². The molecule has 0 fully saturated rings. The van der Waals surface area contributed by atoms with Crippen molar-refractivity contribution in [2.45, 2.75) is 11.4 Å². The van der Waals surface area contributed by atoms with Crippen molar-refractivity contribution in [2.24, 2.45) is 5.73 Å². The van der Waals surface area contributed by atoms with Crippen LogP contribution < -0.4 is 15.2 Å². The smallest absolute Gasteiger partial charge is 0.335 e. The summed E-state index contributed by atoms with van der Waals surface area (Å²) in [5, 5.41) is 8.96. The lowest BCUT2D eigenvalue weighted by Crippen LogP contribution is -2.15. The molecule has 0 atom stereocenters. The summed E-state index contributed by atoms with van der Waals surface area (Å²) in [6.07, 6.45) is 1.47. The zero-order chi connectivity index (χ0) is 17.0. The first-order chi connectivity index (χ1) is 10.9. The summed E-state index contributed by atoms with van der Waals surface area (Å²) < 4.78 is 32.2. The third-order valence-corrected chi connectivity index (χ3v) is 4.34. The van der Waals surface area contributed by atoms with Crippen LogP contribution >= 0.6 is 0 Å². The predicted octanol–water partition coefficient (Wildman–Crippen LogP) is 1.05. The maximum Gasteiger partial charge on any atom is 0.335 e. The van der Waals surface area contributed by atoms with Crippen molar-refractivity contribution in [3.05, 3.63) is 47.7 Å². The van der Waals surface area contributed by atoms with Gasteiger partial charge >= 0.3 is 5.97 Å². The lowest BCUT2D eigenvalue weighted by Gasteiger charge is -2.12. The Kier molecular flexibility index (Phi) is 4.82. The van der Waals surface area contributed by atoms with Gasteiger partial charge in [0.05, 0.1) is 17.6 Å². The number of aromatic nitrogens is 1. The molecule has 0 unspecified atom stereocenters. The number of nitrogens with one attached hydrogen (secondary N) is 1. The Balaban J connectivity index is 2.42. The first-order valence-electron chi connectivity index (χ1n) is 6.46. The van der Waals surface area contributed by atoms with Crippen LogP contribution in [0.15, 0.2) is 41.4 Å². The number of carboxylic acid groups (broad SMARTS) is 1. The number of hydrogen-bond acceptors (Lipinski definition) is 6. The largest absolute Gasteiger partial charge is 0.480 e. The molecule has 122 valence electrons. The highest BCUT2D eigenvalue weighted by atomic mass is 32.2. The summed E-state index contributed by atoms with van der Waals surface area (Å²) in [6, 6.07) is 6.52. The molecule has 2 aromatic rings. The molecule has 0 aliphatic carbocycles. The average molecular weight is 337 g/mol. The highest BCUT2D eigenvalue weighted by Crippen LogP contribution is 2.25. The molecule has 23 heavy (non-hydrogen) atoms. The number of methoxy groups -OCH3 is 1. The number of carbonyl (C=O) groups is 1. The average Bonchev–Trinajstić information content (AvgIpc) is 2.54. The van der Waals surface area contributed by atoms with Crippen LogP contribution in [-0.2, 0) is 16.6 Å². The molecule has 0 radical (unpaired) electrons. The van der Waals surface area contributed by atoms with Gasteiger partial charge in [-0.2, -0.15) is 0 Å². The second kappa shape index (κ2) is 6.63. The number of ether oxygens (including phenoxy) is 1. The standard InChI is InChI=1S/C14H15N3O5S/c1-22-13-12(5-9(7-15)8-16-13)17-23(20,21)11-4-2-3-10(6-11)14(18)19/h2-6,8,17H,7,15H2,1H3,(H,18,19). The van der Waals surface area contributed by atoms with E-state index >= 15 is 0 Å². The highest BCUT2D eigenvalue weighted by Gasteiger charge is 2.19. The molecule has 8 nitrogen and oxygen atoms in total. The van der Waals surface area contributed by atoms with E-state index in [1.54, 1.807) is 0 Å². The summed E-state index contributed by atoms with van der Waals surface area (Å²) in [7, 11) is -2.65. The van der Waals surface area contributed by atoms with Crippen molar-refractivity contribution >= 4 is 21.7 Å². The molecular formula is C14H15N3O5S. The van der Waals surface area contributed by atoms with Crippen LogP contribution in [0.25, 0.3) is 0 Å². The summed E-state index contributed by atoms with van der Waals surface area (Å²) in [4.78, 5) is 14.7. The monoisotopic (exact) mass is 337 g/mol. The quantitative estimate of drug-likeness (QED) is 0.717. The van der Waals surface area contributed by atoms with Gasteiger partial charge in [-0.1, -0.05) is 6.07 Å². The van der Waals surface area contributed by atoms with Gasteiger partial charge in [-0.25, -0.2) is 18.2 Å². The first kappa shape index (κ1) is 16.7. The van der Waals surface area contributed by atoms with Gasteiger partial charge in [0.2, 0.25) is 5.88 Å². The van der Waals surface area contributed by atoms with Crippen molar-refractivity contribution in [1.29, 1.82) is 0 Å². The van der Waals surface area contributed by atoms with Gasteiger partial charge in [-0.05, 0) is 29.8 Å². The molecule has 0 aliphatic rings. The van der Waals surface area contributed by atoms with E-state index in [9.17, 15) is 13.2 Å². The molecule has 0 saturated heterocycles. The van der Waals surface area contributed by atoms with Crippen LogP contribution in [0.2, 0.25) is 0 Å². The summed E-state index contributed by atoms with van der Waals surface area (Å²) in [5.74, 6) is -1.13. The number of anilines is 1. The SMILES string of the molecule is COc1ncc(CN)cc1NS(=O)(=O)c1cccc(C(=O)O)c1. The van der Waals surface area contributed by atoms with E-state index in [4.69, 9.17) is 15.6 Å². The van der Waals surface area contributed by atoms with E-state index in [1.807, 2.05) is 0 Å². The summed E-state index contributed by atoms with van der Waals surface area (Å²) in [5.41, 5.74) is 6.12. The number of carboxylic acids is 1. The van der Waals surface area contributed by atoms with E-state index in [2.05, 4.69) is 9.71 Å². The van der Waals surface area contributed by atoms with Gasteiger partial charge in [0.15, 0.2) is 0 Å². The second-order valence-corrected chi connectivity index (χ2v) is 6.23. The number of rotatable bonds is 6. The van der Waals surface area contributed by atoms with Crippen molar-refractivity contribution in [3.8, 4) is 5.88 Å². The molecule has 1 heterocycles. The van der Waals surface area contributed by atoms with Gasteiger partial charge in [-0.3, -0.25) is 4.72 Å². The number of benzene rings is 1. The predicted molar refractivity (Wildman–Crippen MR) is 82.9 cm³/mol. The van der Waals surface area contributed by atoms with Crippen LogP contribution in [0.1, 0.15) is 15.9 Å². The third kappa shape index (κ3) is 3.76. The highest BCUT2D eigenvalue weighted by molar-refractivity contribution is 7.92. The fourth-order valence-corrected chi connectivity index (χ4v) is 2.94. The lowest BCUT2D eigenvalue weighted by molar-refractivity contribution is 0.0696. The van der Waals surface area contributed by atoms with Gasteiger partial charge in [0, 0.05) is 12.7 Å². The number of nitrogens with two attached hydrogens (primary N) is 1. The molecule has 0 saturated carbocycles. The maximum atomic E-state index is 12.4. The summed E-state index contributed by atoms with van der Waals surface area (Å²) >= 11 is 0. The zero-order valence-corrected chi connectivity index (χ0v) is 13.0. The molecule has 0 aliphatic heterocycles. The van der Waals surface area contributed by atoms with Crippen LogP contribution in [-0.4, -0.2) is 31.6 Å². The van der Waals surface area contributed by atoms with E-state index in [1.165, 1.54) is 37.6 Å². The Bertz CT molecular complexity index is 836. The fourth-order valence-electron chi connectivity index (χ4n) is 1.84. The van der Waals surface area contributed by atoms with E-state index in [-0.39, 0.29) is 28.6 Å². The fraction of sp³-hybridized carbons (Fsp3) is 0.143. The molecule has 2 rings (SSSR count). The van der Waals surface area contributed by atoms with E-state index in [0.717, 1.165) is 6.07 Å². The number of aromatic carboxylic acids is 1. The van der Waals surface area contributed by atoms with E-state index in [0.29, 0.717) is 5.56 Å². The molecule has 0 spiro atoms. The Morgan fingerprint density at radius 3 is 2.74 bits per heavy atom. The second-order valence-electron chi connectivity index (χ2n) is 4.54. The molecule has 1 aromatic carbocycles.